The van der Waals surface area contributed by atoms with Gasteiger partial charge in [0.15, 0.2) is 0 Å². The molecule has 2 aromatic carbocycles. The minimum atomic E-state index is 0.803. The molecule has 2 aromatic rings. The summed E-state index contributed by atoms with van der Waals surface area (Å²) in [5.74, 6) is 0. The third-order valence-corrected chi connectivity index (χ3v) is 3.57. The molecule has 0 aliphatic heterocycles. The number of nitrogens with two attached hydrogens (primary N) is 1. The lowest BCUT2D eigenvalue weighted by molar-refractivity contribution is 1.18. The number of nitrogens with zero attached hydrogens (tertiary/aromatic N) is 1. The summed E-state index contributed by atoms with van der Waals surface area (Å²) in [7, 11) is 2.04. The van der Waals surface area contributed by atoms with E-state index in [4.69, 9.17) is 5.73 Å². The molecule has 2 rings (SSSR count). The van der Waals surface area contributed by atoms with Gasteiger partial charge in [0, 0.05) is 17.2 Å². The van der Waals surface area contributed by atoms with E-state index in [1.165, 1.54) is 11.1 Å². The lowest BCUT2D eigenvalue weighted by Gasteiger charge is -2.23. The van der Waals surface area contributed by atoms with Gasteiger partial charge < -0.3 is 10.6 Å². The average molecular weight is 305 g/mol. The second-order valence-corrected chi connectivity index (χ2v) is 5.47. The molecule has 0 aliphatic carbocycles. The topological polar surface area (TPSA) is 29.3 Å². The second-order valence-electron chi connectivity index (χ2n) is 4.55. The molecule has 2 N–H and O–H groups in total. The van der Waals surface area contributed by atoms with Crippen molar-refractivity contribution in [2.45, 2.75) is 13.8 Å². The van der Waals surface area contributed by atoms with Crippen molar-refractivity contribution in [1.29, 1.82) is 0 Å². The molecule has 0 fully saturated rings. The highest BCUT2D eigenvalue weighted by Crippen LogP contribution is 2.33. The predicted molar refractivity (Wildman–Crippen MR) is 82.5 cm³/mol. The summed E-state index contributed by atoms with van der Waals surface area (Å²) in [4.78, 5) is 2.12. The fraction of sp³-hybridized carbons (Fsp3) is 0.200. The second kappa shape index (κ2) is 5.02. The first-order valence-electron chi connectivity index (χ1n) is 5.85. The summed E-state index contributed by atoms with van der Waals surface area (Å²) >= 11 is 3.51. The molecule has 0 bridgehead atoms. The molecule has 0 heterocycles. The molecule has 2 nitrogen and oxygen atoms in total. The van der Waals surface area contributed by atoms with Gasteiger partial charge in [0.2, 0.25) is 0 Å². The number of nitrogen functional groups attached to an aromatic ring is 1. The Kier molecular flexibility index (Phi) is 3.62. The van der Waals surface area contributed by atoms with Crippen LogP contribution in [0.15, 0.2) is 40.9 Å². The summed E-state index contributed by atoms with van der Waals surface area (Å²) in [6, 6.07) is 12.4. The molecule has 0 saturated heterocycles. The molecular formula is C15H17BrN2. The molecule has 0 aromatic heterocycles. The zero-order valence-corrected chi connectivity index (χ0v) is 12.5. The van der Waals surface area contributed by atoms with Crippen molar-refractivity contribution in [3.63, 3.8) is 0 Å². The molecule has 0 radical (unpaired) electrons. The van der Waals surface area contributed by atoms with Gasteiger partial charge in [-0.1, -0.05) is 28.1 Å². The van der Waals surface area contributed by atoms with Gasteiger partial charge in [0.05, 0.1) is 11.4 Å². The zero-order chi connectivity index (χ0) is 13.3. The van der Waals surface area contributed by atoms with Gasteiger partial charge >= 0.3 is 0 Å². The molecule has 0 unspecified atom stereocenters. The Bertz CT molecular complexity index is 579. The van der Waals surface area contributed by atoms with Gasteiger partial charge in [0.1, 0.15) is 0 Å². The Morgan fingerprint density at radius 3 is 2.39 bits per heavy atom. The summed E-state index contributed by atoms with van der Waals surface area (Å²) in [5, 5.41) is 0. The number of rotatable bonds is 2. The van der Waals surface area contributed by atoms with Crippen LogP contribution in [0.4, 0.5) is 17.1 Å². The number of anilines is 3. The van der Waals surface area contributed by atoms with Crippen LogP contribution in [0.2, 0.25) is 0 Å². The first kappa shape index (κ1) is 13.0. The van der Waals surface area contributed by atoms with Crippen LogP contribution in [0.3, 0.4) is 0 Å². The van der Waals surface area contributed by atoms with E-state index in [0.717, 1.165) is 21.5 Å². The highest BCUT2D eigenvalue weighted by molar-refractivity contribution is 9.10. The lowest BCUT2D eigenvalue weighted by atomic mass is 10.1. The predicted octanol–water partition coefficient (Wildman–Crippen LogP) is 4.42. The van der Waals surface area contributed by atoms with Crippen molar-refractivity contribution in [1.82, 2.24) is 0 Å². The van der Waals surface area contributed by atoms with Gasteiger partial charge in [0.25, 0.3) is 0 Å². The van der Waals surface area contributed by atoms with E-state index in [2.05, 4.69) is 52.0 Å². The van der Waals surface area contributed by atoms with Crippen molar-refractivity contribution in [3.05, 3.63) is 52.0 Å². The van der Waals surface area contributed by atoms with Crippen molar-refractivity contribution >= 4 is 33.0 Å². The molecule has 3 heteroatoms. The van der Waals surface area contributed by atoms with Crippen molar-refractivity contribution < 1.29 is 0 Å². The number of halogens is 1. The quantitative estimate of drug-likeness (QED) is 0.832. The van der Waals surface area contributed by atoms with E-state index >= 15 is 0 Å². The van der Waals surface area contributed by atoms with Crippen LogP contribution in [0, 0.1) is 13.8 Å². The van der Waals surface area contributed by atoms with Crippen molar-refractivity contribution in [2.24, 2.45) is 0 Å². The molecule has 94 valence electrons. The van der Waals surface area contributed by atoms with Crippen molar-refractivity contribution in [2.75, 3.05) is 17.7 Å². The highest BCUT2D eigenvalue weighted by Gasteiger charge is 2.10. The van der Waals surface area contributed by atoms with Gasteiger partial charge in [-0.15, -0.1) is 0 Å². The molecular weight excluding hydrogens is 288 g/mol. The summed E-state index contributed by atoms with van der Waals surface area (Å²) in [6.45, 7) is 4.15. The normalized spacial score (nSPS) is 10.4. The van der Waals surface area contributed by atoms with E-state index in [1.54, 1.807) is 0 Å². The fourth-order valence-electron chi connectivity index (χ4n) is 2.05. The summed E-state index contributed by atoms with van der Waals surface area (Å²) in [5.41, 5.74) is 11.5. The van der Waals surface area contributed by atoms with Gasteiger partial charge in [-0.05, 0) is 49.2 Å². The van der Waals surface area contributed by atoms with E-state index in [0.29, 0.717) is 0 Å². The standard InChI is InChI=1S/C15H17BrN2/c1-10-4-7-14(13(17)8-10)18(3)15-9-12(16)6-5-11(15)2/h4-9H,17H2,1-3H3. The molecule has 0 aliphatic rings. The maximum atomic E-state index is 6.09. The zero-order valence-electron chi connectivity index (χ0n) is 10.9. The first-order valence-corrected chi connectivity index (χ1v) is 6.64. The Morgan fingerprint density at radius 2 is 1.72 bits per heavy atom. The fourth-order valence-corrected chi connectivity index (χ4v) is 2.40. The average Bonchev–Trinajstić information content (AvgIpc) is 2.31. The Hall–Kier alpha value is -1.48. The first-order chi connectivity index (χ1) is 8.49. The number of hydrogen-bond acceptors (Lipinski definition) is 2. The van der Waals surface area contributed by atoms with E-state index in [9.17, 15) is 0 Å². The Labute approximate surface area is 117 Å². The molecule has 0 spiro atoms. The third-order valence-electron chi connectivity index (χ3n) is 3.08. The largest absolute Gasteiger partial charge is 0.397 e. The number of aryl methyl sites for hydroxylation is 2. The Balaban J connectivity index is 2.47. The maximum Gasteiger partial charge on any atom is 0.0642 e. The maximum absolute atomic E-state index is 6.09. The lowest BCUT2D eigenvalue weighted by Crippen LogP contribution is -2.13. The SMILES string of the molecule is Cc1ccc(N(C)c2cc(Br)ccc2C)c(N)c1. The van der Waals surface area contributed by atoms with Crippen LogP contribution < -0.4 is 10.6 Å². The number of benzene rings is 2. The summed E-state index contributed by atoms with van der Waals surface area (Å²) < 4.78 is 1.07. The monoisotopic (exact) mass is 304 g/mol. The van der Waals surface area contributed by atoms with Crippen LogP contribution in [-0.4, -0.2) is 7.05 Å². The van der Waals surface area contributed by atoms with Crippen LogP contribution in [-0.2, 0) is 0 Å². The molecule has 18 heavy (non-hydrogen) atoms. The van der Waals surface area contributed by atoms with E-state index in [1.807, 2.05) is 26.1 Å². The smallest absolute Gasteiger partial charge is 0.0642 e. The van der Waals surface area contributed by atoms with Crippen molar-refractivity contribution in [3.8, 4) is 0 Å². The summed E-state index contributed by atoms with van der Waals surface area (Å²) in [6.07, 6.45) is 0. The van der Waals surface area contributed by atoms with Gasteiger partial charge in [-0.25, -0.2) is 0 Å². The molecule has 0 amide bonds. The highest BCUT2D eigenvalue weighted by atomic mass is 79.9. The van der Waals surface area contributed by atoms with E-state index in [-0.39, 0.29) is 0 Å². The van der Waals surface area contributed by atoms with Gasteiger partial charge in [-0.3, -0.25) is 0 Å². The minimum absolute atomic E-state index is 0.803. The van der Waals surface area contributed by atoms with E-state index < -0.39 is 0 Å². The van der Waals surface area contributed by atoms with Crippen LogP contribution in [0.1, 0.15) is 11.1 Å². The Morgan fingerprint density at radius 1 is 1.00 bits per heavy atom. The van der Waals surface area contributed by atoms with Gasteiger partial charge in [-0.2, -0.15) is 0 Å². The van der Waals surface area contributed by atoms with Crippen LogP contribution in [0.25, 0.3) is 0 Å². The molecule has 0 atom stereocenters. The number of hydrogen-bond donors (Lipinski definition) is 1. The molecule has 0 saturated carbocycles. The minimum Gasteiger partial charge on any atom is -0.397 e. The third kappa shape index (κ3) is 2.51. The van der Waals surface area contributed by atoms with Crippen LogP contribution >= 0.6 is 15.9 Å². The van der Waals surface area contributed by atoms with Crippen LogP contribution in [0.5, 0.6) is 0 Å².